The van der Waals surface area contributed by atoms with Gasteiger partial charge in [0.15, 0.2) is 0 Å². The van der Waals surface area contributed by atoms with E-state index < -0.39 is 10.0 Å². The standard InChI is InChI=1S/C14H18Cl2N2O3S2/c15-11-6-13(22-14(11)16)23(20,21)17-7-9-5-12(19)18(8-9)10-3-1-2-4-10/h6,9-10,17H,1-5,7-8H2/t9-/m1/s1. The summed E-state index contributed by atoms with van der Waals surface area (Å²) in [6, 6.07) is 1.70. The quantitative estimate of drug-likeness (QED) is 0.830. The second-order valence-electron chi connectivity index (χ2n) is 6.09. The number of hydrogen-bond donors (Lipinski definition) is 1. The number of sulfonamides is 1. The molecule has 1 N–H and O–H groups in total. The molecule has 1 aromatic heterocycles. The van der Waals surface area contributed by atoms with Gasteiger partial charge in [-0.3, -0.25) is 4.79 Å². The van der Waals surface area contributed by atoms with Crippen LogP contribution in [0.15, 0.2) is 10.3 Å². The van der Waals surface area contributed by atoms with Crippen LogP contribution in [0.3, 0.4) is 0 Å². The molecule has 23 heavy (non-hydrogen) atoms. The molecule has 0 bridgehead atoms. The maximum absolute atomic E-state index is 12.3. The molecule has 3 rings (SSSR count). The van der Waals surface area contributed by atoms with Crippen LogP contribution in [0.2, 0.25) is 9.36 Å². The number of nitrogens with zero attached hydrogens (tertiary/aromatic N) is 1. The van der Waals surface area contributed by atoms with Crippen molar-refractivity contribution < 1.29 is 13.2 Å². The fourth-order valence-corrected chi connectivity index (χ4v) is 6.31. The average molecular weight is 397 g/mol. The second-order valence-corrected chi connectivity index (χ2v) is 10.1. The molecule has 1 saturated heterocycles. The van der Waals surface area contributed by atoms with Crippen molar-refractivity contribution in [2.24, 2.45) is 5.92 Å². The molecule has 128 valence electrons. The summed E-state index contributed by atoms with van der Waals surface area (Å²) >= 11 is 12.6. The summed E-state index contributed by atoms with van der Waals surface area (Å²) in [4.78, 5) is 14.1. The highest BCUT2D eigenvalue weighted by Gasteiger charge is 2.35. The number of carbonyl (C=O) groups is 1. The Balaban J connectivity index is 1.59. The topological polar surface area (TPSA) is 66.5 Å². The molecule has 0 aromatic carbocycles. The fourth-order valence-electron chi connectivity index (χ4n) is 3.27. The van der Waals surface area contributed by atoms with Crippen molar-refractivity contribution >= 4 is 50.5 Å². The number of carbonyl (C=O) groups excluding carboxylic acids is 1. The van der Waals surface area contributed by atoms with E-state index in [4.69, 9.17) is 23.2 Å². The lowest BCUT2D eigenvalue weighted by Crippen LogP contribution is -2.35. The SMILES string of the molecule is O=C1C[C@H](CNS(=O)(=O)c2cc(Cl)c(Cl)s2)CN1C1CCCC1. The van der Waals surface area contributed by atoms with Gasteiger partial charge in [0, 0.05) is 25.6 Å². The molecular formula is C14H18Cl2N2O3S2. The van der Waals surface area contributed by atoms with E-state index in [1.165, 1.54) is 18.9 Å². The van der Waals surface area contributed by atoms with Crippen LogP contribution in [-0.2, 0) is 14.8 Å². The fraction of sp³-hybridized carbons (Fsp3) is 0.643. The van der Waals surface area contributed by atoms with E-state index in [0.29, 0.717) is 19.0 Å². The molecule has 9 heteroatoms. The highest BCUT2D eigenvalue weighted by molar-refractivity contribution is 7.91. The van der Waals surface area contributed by atoms with Crippen molar-refractivity contribution in [3.05, 3.63) is 15.4 Å². The number of amides is 1. The summed E-state index contributed by atoms with van der Waals surface area (Å²) in [5.41, 5.74) is 0. The zero-order valence-electron chi connectivity index (χ0n) is 12.4. The molecule has 1 amide bonds. The molecular weight excluding hydrogens is 379 g/mol. The Bertz CT molecular complexity index is 679. The molecule has 1 saturated carbocycles. The van der Waals surface area contributed by atoms with Crippen LogP contribution in [0.25, 0.3) is 0 Å². The first-order valence-electron chi connectivity index (χ1n) is 7.61. The van der Waals surface area contributed by atoms with Crippen molar-refractivity contribution in [1.82, 2.24) is 9.62 Å². The van der Waals surface area contributed by atoms with Gasteiger partial charge in [-0.05, 0) is 24.8 Å². The Hall–Kier alpha value is -0.340. The number of rotatable bonds is 5. The van der Waals surface area contributed by atoms with Crippen LogP contribution >= 0.6 is 34.5 Å². The molecule has 1 aromatic rings. The summed E-state index contributed by atoms with van der Waals surface area (Å²) in [5.74, 6) is 0.159. The monoisotopic (exact) mass is 396 g/mol. The van der Waals surface area contributed by atoms with Crippen LogP contribution in [-0.4, -0.2) is 38.4 Å². The van der Waals surface area contributed by atoms with Gasteiger partial charge in [0.2, 0.25) is 15.9 Å². The smallest absolute Gasteiger partial charge is 0.250 e. The first-order valence-corrected chi connectivity index (χ1v) is 10.7. The molecule has 0 unspecified atom stereocenters. The van der Waals surface area contributed by atoms with Gasteiger partial charge >= 0.3 is 0 Å². The van der Waals surface area contributed by atoms with Gasteiger partial charge in [0.05, 0.1) is 5.02 Å². The zero-order valence-corrected chi connectivity index (χ0v) is 15.6. The van der Waals surface area contributed by atoms with E-state index >= 15 is 0 Å². The summed E-state index contributed by atoms with van der Waals surface area (Å²) < 4.78 is 27.5. The molecule has 2 heterocycles. The summed E-state index contributed by atoms with van der Waals surface area (Å²) in [6.07, 6.45) is 4.88. The van der Waals surface area contributed by atoms with Gasteiger partial charge in [-0.1, -0.05) is 36.0 Å². The van der Waals surface area contributed by atoms with E-state index in [1.807, 2.05) is 4.90 Å². The largest absolute Gasteiger partial charge is 0.339 e. The molecule has 1 aliphatic heterocycles. The normalized spacial score (nSPS) is 23.1. The maximum atomic E-state index is 12.3. The predicted octanol–water partition coefficient (Wildman–Crippen LogP) is 3.12. The lowest BCUT2D eigenvalue weighted by Gasteiger charge is -2.24. The number of halogens is 2. The Morgan fingerprint density at radius 3 is 2.61 bits per heavy atom. The average Bonchev–Trinajstić information content (AvgIpc) is 3.19. The summed E-state index contributed by atoms with van der Waals surface area (Å²) in [5, 5.41) is 0.237. The van der Waals surface area contributed by atoms with Crippen molar-refractivity contribution in [3.8, 4) is 0 Å². The Kier molecular flexibility index (Phi) is 5.23. The van der Waals surface area contributed by atoms with Gasteiger partial charge in [-0.25, -0.2) is 13.1 Å². The molecule has 2 aliphatic rings. The number of thiophene rings is 1. The van der Waals surface area contributed by atoms with E-state index in [9.17, 15) is 13.2 Å². The first-order chi connectivity index (χ1) is 10.9. The van der Waals surface area contributed by atoms with Gasteiger partial charge < -0.3 is 4.90 Å². The number of likely N-dealkylation sites (tertiary alicyclic amines) is 1. The molecule has 2 fully saturated rings. The predicted molar refractivity (Wildman–Crippen MR) is 91.6 cm³/mol. The minimum atomic E-state index is -3.63. The van der Waals surface area contributed by atoms with Gasteiger partial charge in [-0.15, -0.1) is 11.3 Å². The third kappa shape index (κ3) is 3.85. The van der Waals surface area contributed by atoms with Crippen molar-refractivity contribution in [2.45, 2.75) is 42.4 Å². The van der Waals surface area contributed by atoms with Gasteiger partial charge in [-0.2, -0.15) is 0 Å². The van der Waals surface area contributed by atoms with Crippen LogP contribution in [0.1, 0.15) is 32.1 Å². The van der Waals surface area contributed by atoms with E-state index in [0.717, 1.165) is 24.2 Å². The Labute approximate surface area is 150 Å². The zero-order chi connectivity index (χ0) is 16.6. The van der Waals surface area contributed by atoms with E-state index in [-0.39, 0.29) is 31.9 Å². The molecule has 0 spiro atoms. The van der Waals surface area contributed by atoms with Crippen molar-refractivity contribution in [1.29, 1.82) is 0 Å². The van der Waals surface area contributed by atoms with Gasteiger partial charge in [0.1, 0.15) is 8.55 Å². The molecule has 0 radical (unpaired) electrons. The second kappa shape index (κ2) is 6.88. The number of hydrogen-bond acceptors (Lipinski definition) is 4. The highest BCUT2D eigenvalue weighted by Crippen LogP contribution is 2.34. The summed E-state index contributed by atoms with van der Waals surface area (Å²) in [7, 11) is -3.63. The highest BCUT2D eigenvalue weighted by atomic mass is 35.5. The summed E-state index contributed by atoms with van der Waals surface area (Å²) in [6.45, 7) is 0.891. The molecule has 1 aliphatic carbocycles. The third-order valence-electron chi connectivity index (χ3n) is 4.45. The van der Waals surface area contributed by atoms with Crippen LogP contribution in [0, 0.1) is 5.92 Å². The minimum absolute atomic E-state index is 0.0174. The number of nitrogens with one attached hydrogen (secondary N) is 1. The van der Waals surface area contributed by atoms with Crippen molar-refractivity contribution in [3.63, 3.8) is 0 Å². The van der Waals surface area contributed by atoms with Crippen LogP contribution in [0.4, 0.5) is 0 Å². The lowest BCUT2D eigenvalue weighted by atomic mass is 10.1. The van der Waals surface area contributed by atoms with E-state index in [1.54, 1.807) is 0 Å². The Morgan fingerprint density at radius 2 is 2.00 bits per heavy atom. The van der Waals surface area contributed by atoms with E-state index in [2.05, 4.69) is 4.72 Å². The third-order valence-corrected chi connectivity index (χ3v) is 8.22. The first kappa shape index (κ1) is 17.5. The van der Waals surface area contributed by atoms with Crippen LogP contribution in [0.5, 0.6) is 0 Å². The lowest BCUT2D eigenvalue weighted by molar-refractivity contribution is -0.129. The molecule has 5 nitrogen and oxygen atoms in total. The Morgan fingerprint density at radius 1 is 1.30 bits per heavy atom. The maximum Gasteiger partial charge on any atom is 0.250 e. The van der Waals surface area contributed by atoms with Crippen LogP contribution < -0.4 is 4.72 Å². The van der Waals surface area contributed by atoms with Crippen molar-refractivity contribution in [2.75, 3.05) is 13.1 Å². The molecule has 1 atom stereocenters. The minimum Gasteiger partial charge on any atom is -0.339 e. The van der Waals surface area contributed by atoms with Gasteiger partial charge in [0.25, 0.3) is 0 Å².